The molecule has 2 unspecified atom stereocenters. The third kappa shape index (κ3) is 2.07. The summed E-state index contributed by atoms with van der Waals surface area (Å²) in [6.45, 7) is 2.27. The van der Waals surface area contributed by atoms with E-state index in [2.05, 4.69) is 35.7 Å². The van der Waals surface area contributed by atoms with Crippen molar-refractivity contribution in [3.05, 3.63) is 71.8 Å². The molecule has 2 aliphatic rings. The molecule has 116 valence electrons. The van der Waals surface area contributed by atoms with Crippen molar-refractivity contribution in [2.45, 2.75) is 24.8 Å². The normalized spacial score (nSPS) is 23.9. The molecular formula is C20H19NO2. The van der Waals surface area contributed by atoms with Crippen LogP contribution in [0.3, 0.4) is 0 Å². The molecule has 0 radical (unpaired) electrons. The lowest BCUT2D eigenvalue weighted by molar-refractivity contribution is -0.144. The molecule has 1 N–H and O–H groups in total. The Labute approximate surface area is 136 Å². The van der Waals surface area contributed by atoms with Crippen LogP contribution in [0.4, 0.5) is 5.69 Å². The molecule has 0 bridgehead atoms. The van der Waals surface area contributed by atoms with Gasteiger partial charge in [0.1, 0.15) is 0 Å². The quantitative estimate of drug-likeness (QED) is 0.874. The summed E-state index contributed by atoms with van der Waals surface area (Å²) in [5.41, 5.74) is 4.48. The van der Waals surface area contributed by atoms with Crippen LogP contribution in [-0.2, 0) is 14.9 Å². The Hall–Kier alpha value is -2.55. The summed E-state index contributed by atoms with van der Waals surface area (Å²) < 4.78 is 5.21. The van der Waals surface area contributed by atoms with E-state index in [4.69, 9.17) is 4.74 Å². The summed E-state index contributed by atoms with van der Waals surface area (Å²) in [5, 5.41) is 3.59. The van der Waals surface area contributed by atoms with Crippen LogP contribution < -0.4 is 5.32 Å². The molecule has 1 heterocycles. The Kier molecular flexibility index (Phi) is 3.22. The maximum Gasteiger partial charge on any atom is 0.307 e. The summed E-state index contributed by atoms with van der Waals surface area (Å²) in [6.07, 6.45) is 2.62. The van der Waals surface area contributed by atoms with Crippen LogP contribution in [0.15, 0.2) is 60.7 Å². The molecule has 4 rings (SSSR count). The number of hydrogen-bond donors (Lipinski definition) is 1. The van der Waals surface area contributed by atoms with Gasteiger partial charge in [-0.15, -0.1) is 0 Å². The molecule has 2 aromatic carbocycles. The molecule has 23 heavy (non-hydrogen) atoms. The van der Waals surface area contributed by atoms with Crippen LogP contribution in [0, 0.1) is 0 Å². The van der Waals surface area contributed by atoms with Crippen molar-refractivity contribution < 1.29 is 9.53 Å². The van der Waals surface area contributed by atoms with Crippen LogP contribution in [0.25, 0.3) is 5.57 Å². The van der Waals surface area contributed by atoms with E-state index in [0.29, 0.717) is 13.0 Å². The highest BCUT2D eigenvalue weighted by Crippen LogP contribution is 2.56. The number of fused-ring (bicyclic) bond motifs is 3. The van der Waals surface area contributed by atoms with E-state index in [-0.39, 0.29) is 17.4 Å². The van der Waals surface area contributed by atoms with Crippen LogP contribution >= 0.6 is 0 Å². The van der Waals surface area contributed by atoms with Gasteiger partial charge in [0.15, 0.2) is 0 Å². The van der Waals surface area contributed by atoms with Crippen LogP contribution in [0.5, 0.6) is 0 Å². The second-order valence-corrected chi connectivity index (χ2v) is 6.11. The average molecular weight is 305 g/mol. The predicted octanol–water partition coefficient (Wildman–Crippen LogP) is 3.77. The van der Waals surface area contributed by atoms with Gasteiger partial charge in [0.2, 0.25) is 0 Å². The van der Waals surface area contributed by atoms with Crippen molar-refractivity contribution in [3.63, 3.8) is 0 Å². The molecule has 0 aromatic heterocycles. The van der Waals surface area contributed by atoms with Crippen molar-refractivity contribution in [1.29, 1.82) is 0 Å². The third-order valence-corrected chi connectivity index (χ3v) is 4.82. The first-order chi connectivity index (χ1) is 11.2. The Morgan fingerprint density at radius 2 is 1.87 bits per heavy atom. The van der Waals surface area contributed by atoms with Gasteiger partial charge in [-0.3, -0.25) is 4.79 Å². The van der Waals surface area contributed by atoms with Gasteiger partial charge >= 0.3 is 5.97 Å². The van der Waals surface area contributed by atoms with Gasteiger partial charge in [0.05, 0.1) is 24.5 Å². The molecule has 0 saturated heterocycles. The number of carbonyl (C=O) groups excluding carboxylic acids is 1. The molecule has 2 atom stereocenters. The fraction of sp³-hybridized carbons (Fsp3) is 0.250. The minimum absolute atomic E-state index is 0.131. The highest BCUT2D eigenvalue weighted by atomic mass is 16.5. The molecule has 0 fully saturated rings. The number of rotatable bonds is 4. The van der Waals surface area contributed by atoms with Gasteiger partial charge in [-0.1, -0.05) is 54.6 Å². The van der Waals surface area contributed by atoms with Gasteiger partial charge < -0.3 is 10.1 Å². The number of hydrogen-bond acceptors (Lipinski definition) is 3. The topological polar surface area (TPSA) is 38.3 Å². The smallest absolute Gasteiger partial charge is 0.307 e. The summed E-state index contributed by atoms with van der Waals surface area (Å²) in [6, 6.07) is 18.7. The summed E-state index contributed by atoms with van der Waals surface area (Å²) in [5.74, 6) is -0.139. The van der Waals surface area contributed by atoms with Gasteiger partial charge in [0, 0.05) is 5.69 Å². The lowest BCUT2D eigenvalue weighted by Crippen LogP contribution is -2.47. The number of nitrogens with one attached hydrogen (secondary N) is 1. The van der Waals surface area contributed by atoms with E-state index >= 15 is 0 Å². The highest BCUT2D eigenvalue weighted by molar-refractivity contribution is 5.91. The van der Waals surface area contributed by atoms with E-state index in [0.717, 1.165) is 5.69 Å². The molecule has 1 aliphatic heterocycles. The van der Waals surface area contributed by atoms with E-state index in [1.165, 1.54) is 16.7 Å². The van der Waals surface area contributed by atoms with Gasteiger partial charge in [-0.2, -0.15) is 0 Å². The Bertz CT molecular complexity index is 781. The zero-order chi connectivity index (χ0) is 15.9. The molecule has 3 nitrogen and oxygen atoms in total. The standard InChI is InChI=1S/C20H19NO2/c1-2-23-18(22)13-20-12-15(14-8-4-3-5-9-14)19(20)21-17-11-7-6-10-16(17)20/h3-12,19,21H,2,13H2,1H3. The first kappa shape index (κ1) is 14.1. The molecule has 0 saturated carbocycles. The monoisotopic (exact) mass is 305 g/mol. The molecule has 1 aliphatic carbocycles. The molecule has 0 amide bonds. The lowest BCUT2D eigenvalue weighted by atomic mass is 9.61. The minimum Gasteiger partial charge on any atom is -0.466 e. The van der Waals surface area contributed by atoms with Crippen molar-refractivity contribution in [2.75, 3.05) is 11.9 Å². The van der Waals surface area contributed by atoms with Crippen molar-refractivity contribution in [3.8, 4) is 0 Å². The van der Waals surface area contributed by atoms with Crippen molar-refractivity contribution in [1.82, 2.24) is 0 Å². The highest BCUT2D eigenvalue weighted by Gasteiger charge is 2.54. The Balaban J connectivity index is 1.75. The van der Waals surface area contributed by atoms with Crippen molar-refractivity contribution in [2.24, 2.45) is 0 Å². The van der Waals surface area contributed by atoms with Crippen LogP contribution in [-0.4, -0.2) is 18.6 Å². The number of para-hydroxylation sites is 1. The lowest BCUT2D eigenvalue weighted by Gasteiger charge is -2.43. The first-order valence-corrected chi connectivity index (χ1v) is 8.04. The Morgan fingerprint density at radius 3 is 2.65 bits per heavy atom. The van der Waals surface area contributed by atoms with E-state index in [1.54, 1.807) is 0 Å². The largest absolute Gasteiger partial charge is 0.466 e. The molecular weight excluding hydrogens is 286 g/mol. The zero-order valence-corrected chi connectivity index (χ0v) is 13.1. The Morgan fingerprint density at radius 1 is 1.13 bits per heavy atom. The second kappa shape index (κ2) is 5.27. The fourth-order valence-electron chi connectivity index (χ4n) is 3.82. The van der Waals surface area contributed by atoms with Crippen LogP contribution in [0.2, 0.25) is 0 Å². The average Bonchev–Trinajstić information content (AvgIpc) is 2.79. The van der Waals surface area contributed by atoms with Crippen molar-refractivity contribution >= 4 is 17.2 Å². The predicted molar refractivity (Wildman–Crippen MR) is 91.2 cm³/mol. The van der Waals surface area contributed by atoms with E-state index < -0.39 is 0 Å². The maximum atomic E-state index is 12.2. The van der Waals surface area contributed by atoms with E-state index in [9.17, 15) is 4.79 Å². The summed E-state index contributed by atoms with van der Waals surface area (Å²) in [4.78, 5) is 12.2. The second-order valence-electron chi connectivity index (χ2n) is 6.11. The molecule has 2 aromatic rings. The molecule has 0 spiro atoms. The number of carbonyl (C=O) groups is 1. The van der Waals surface area contributed by atoms with Gasteiger partial charge in [0.25, 0.3) is 0 Å². The third-order valence-electron chi connectivity index (χ3n) is 4.82. The fourth-order valence-corrected chi connectivity index (χ4v) is 3.82. The summed E-state index contributed by atoms with van der Waals surface area (Å²) in [7, 11) is 0. The zero-order valence-electron chi connectivity index (χ0n) is 13.1. The van der Waals surface area contributed by atoms with Crippen LogP contribution in [0.1, 0.15) is 24.5 Å². The first-order valence-electron chi connectivity index (χ1n) is 8.04. The van der Waals surface area contributed by atoms with E-state index in [1.807, 2.05) is 37.3 Å². The number of ether oxygens (including phenoxy) is 1. The number of anilines is 1. The SMILES string of the molecule is CCOC(=O)CC12C=C(c3ccccc3)C1Nc1ccccc12. The number of esters is 1. The van der Waals surface area contributed by atoms with Gasteiger partial charge in [-0.25, -0.2) is 0 Å². The number of benzene rings is 2. The van der Waals surface area contributed by atoms with Gasteiger partial charge in [-0.05, 0) is 29.7 Å². The molecule has 3 heteroatoms. The minimum atomic E-state index is -0.284. The maximum absolute atomic E-state index is 12.2. The summed E-state index contributed by atoms with van der Waals surface area (Å²) >= 11 is 0.